The predicted octanol–water partition coefficient (Wildman–Crippen LogP) is 16.3. The van der Waals surface area contributed by atoms with Crippen molar-refractivity contribution in [3.05, 3.63) is 300 Å². The highest BCUT2D eigenvalue weighted by Crippen LogP contribution is 2.36. The molecular formula is C74H43ClF5N9O4S4. The van der Waals surface area contributed by atoms with E-state index in [1.807, 2.05) is 55.5 Å². The zero-order valence-electron chi connectivity index (χ0n) is 50.3. The lowest BCUT2D eigenvalue weighted by atomic mass is 10.1. The summed E-state index contributed by atoms with van der Waals surface area (Å²) in [4.78, 5) is 58.9. The fourth-order valence-electron chi connectivity index (χ4n) is 9.81. The van der Waals surface area contributed by atoms with E-state index in [0.29, 0.717) is 102 Å². The number of pyridine rings is 4. The van der Waals surface area contributed by atoms with Crippen LogP contribution in [-0.2, 0) is 23.0 Å². The molecule has 4 N–H and O–H groups in total. The highest BCUT2D eigenvalue weighted by molar-refractivity contribution is 7.99. The minimum atomic E-state index is -0.558. The summed E-state index contributed by atoms with van der Waals surface area (Å²) in [6.07, 6.45) is 10.9. The van der Waals surface area contributed by atoms with Crippen molar-refractivity contribution >= 4 is 102 Å². The smallest absolute Gasteiger partial charge is 0.267 e. The highest BCUT2D eigenvalue weighted by atomic mass is 35.5. The van der Waals surface area contributed by atoms with Gasteiger partial charge in [0.2, 0.25) is 0 Å². The molecule has 0 saturated carbocycles. The first kappa shape index (κ1) is 69.8. The third-order valence-electron chi connectivity index (χ3n) is 14.6. The molecule has 0 aliphatic rings. The van der Waals surface area contributed by atoms with Crippen LogP contribution < -0.4 is 22.2 Å². The van der Waals surface area contributed by atoms with Crippen LogP contribution in [0.1, 0.15) is 66.8 Å². The molecule has 0 fully saturated rings. The second-order valence-corrected chi connectivity index (χ2v) is 24.9. The Hall–Kier alpha value is -11.5. The highest BCUT2D eigenvalue weighted by Gasteiger charge is 2.19. The number of hydrogen-bond acceptors (Lipinski definition) is 13. The third-order valence-corrected chi connectivity index (χ3v) is 19.2. The van der Waals surface area contributed by atoms with Crippen LogP contribution in [0.3, 0.4) is 0 Å². The van der Waals surface area contributed by atoms with Crippen LogP contribution in [0.15, 0.2) is 197 Å². The maximum atomic E-state index is 14.1. The Bertz CT molecular complexity index is 5710. The van der Waals surface area contributed by atoms with Gasteiger partial charge in [-0.15, -0.1) is 59.9 Å². The lowest BCUT2D eigenvalue weighted by Gasteiger charge is -2.10. The first-order valence-corrected chi connectivity index (χ1v) is 32.7. The zero-order valence-corrected chi connectivity index (χ0v) is 54.3. The van der Waals surface area contributed by atoms with E-state index in [4.69, 9.17) is 45.5 Å². The number of halogens is 6. The standard InChI is InChI=1S/C19H10ClFN2OS.C19H10F2N2OS.C18H10FN3OS.C18H13FN2OS/c1-2-11-4-3-5-17(20)16(11)10-25-19-14-8-12(21)6-7-13(14)15(9-22)18(24)23-19;1-2-11-3-4-13(20)7-12(11)10-25-19-16-8-14(21)5-6-15(16)17(9-22)18(24)23-19;19-13-4-5-14-15(7-13)18(22-17(23)16(14)9-21)24-10-12-3-1-2-11(6-12)8-20;1-11-5-2-3-6-12(11)10-23-18-13-7-4-8-15(19)16(13)14(9-20)17(22)21-18/h2*1,3-8H,10H2,(H,23,24);1-7H,10H2,(H,22,23);2-8H,10H2,1H3,(H,21,22). The Morgan fingerprint density at radius 1 is 0.412 bits per heavy atom. The van der Waals surface area contributed by atoms with Gasteiger partial charge < -0.3 is 19.9 Å². The Morgan fingerprint density at radius 2 is 0.856 bits per heavy atom. The Labute approximate surface area is 571 Å². The number of aromatic nitrogens is 4. The number of fused-ring (bicyclic) bond motifs is 4. The molecule has 4 aromatic heterocycles. The number of hydrogen-bond donors (Lipinski definition) is 4. The van der Waals surface area contributed by atoms with Crippen molar-refractivity contribution in [2.45, 2.75) is 50.0 Å². The molecule has 0 saturated heterocycles. The fraction of sp³-hybridized carbons (Fsp3) is 0.0676. The molecule has 97 heavy (non-hydrogen) atoms. The number of thioether (sulfide) groups is 4. The molecule has 0 bridgehead atoms. The molecular weight excluding hydrogens is 1340 g/mol. The minimum Gasteiger partial charge on any atom is -0.315 e. The average molecular weight is 1380 g/mol. The number of nitrogens with zero attached hydrogens (tertiary/aromatic N) is 5. The number of rotatable bonds is 12. The SMILES string of the molecule is C#Cc1ccc(F)cc1CSc1[nH]c(=O)c(C#N)c2ccc(F)cc12.C#Cc1cccc(Cl)c1CSc1[nH]c(=O)c(C#N)c2ccc(F)cc12.Cc1ccccc1CSc1[nH]c(=O)c(C#N)c2c(F)cccc12.N#Cc1cccc(CSc2[nH]c(=O)c(C#N)c3ccc(F)cc23)c1. The summed E-state index contributed by atoms with van der Waals surface area (Å²) in [6.45, 7) is 2.02. The monoisotopic (exact) mass is 1380 g/mol. The molecule has 12 rings (SSSR count). The van der Waals surface area contributed by atoms with Crippen LogP contribution in [0.5, 0.6) is 0 Å². The number of nitrogens with one attached hydrogen (secondary N) is 4. The van der Waals surface area contributed by atoms with Gasteiger partial charge in [0.15, 0.2) is 0 Å². The van der Waals surface area contributed by atoms with Crippen molar-refractivity contribution in [3.8, 4) is 55.0 Å². The van der Waals surface area contributed by atoms with Crippen LogP contribution >= 0.6 is 58.6 Å². The molecule has 23 heteroatoms. The van der Waals surface area contributed by atoms with Crippen molar-refractivity contribution in [2.24, 2.45) is 0 Å². The molecule has 0 radical (unpaired) electrons. The second kappa shape index (κ2) is 32.1. The maximum absolute atomic E-state index is 14.1. The van der Waals surface area contributed by atoms with Gasteiger partial charge in [-0.25, -0.2) is 22.0 Å². The number of nitriles is 5. The van der Waals surface area contributed by atoms with Gasteiger partial charge in [-0.1, -0.05) is 78.0 Å². The number of terminal acetylenes is 2. The molecule has 8 aromatic carbocycles. The predicted molar refractivity (Wildman–Crippen MR) is 371 cm³/mol. The molecule has 0 spiro atoms. The van der Waals surface area contributed by atoms with Crippen LogP contribution in [-0.4, -0.2) is 19.9 Å². The molecule has 0 aliphatic carbocycles. The summed E-state index contributed by atoms with van der Waals surface area (Å²) in [5, 5.41) is 51.2. The normalized spacial score (nSPS) is 10.4. The van der Waals surface area contributed by atoms with E-state index >= 15 is 0 Å². The first-order chi connectivity index (χ1) is 46.8. The summed E-state index contributed by atoms with van der Waals surface area (Å²) in [7, 11) is 0. The third kappa shape index (κ3) is 16.4. The lowest BCUT2D eigenvalue weighted by Crippen LogP contribution is -2.12. The van der Waals surface area contributed by atoms with Crippen LogP contribution in [0.2, 0.25) is 5.02 Å². The van der Waals surface area contributed by atoms with Crippen molar-refractivity contribution < 1.29 is 22.0 Å². The van der Waals surface area contributed by atoms with Gasteiger partial charge in [0.05, 0.1) is 31.7 Å². The molecule has 0 aliphatic heterocycles. The number of benzene rings is 8. The Morgan fingerprint density at radius 3 is 1.36 bits per heavy atom. The summed E-state index contributed by atoms with van der Waals surface area (Å²) in [5.74, 6) is 4.54. The molecule has 13 nitrogen and oxygen atoms in total. The van der Waals surface area contributed by atoms with E-state index in [2.05, 4.69) is 37.8 Å². The van der Waals surface area contributed by atoms with E-state index in [9.17, 15) is 46.4 Å². The number of aryl methyl sites for hydroxylation is 1. The van der Waals surface area contributed by atoms with E-state index in [1.165, 1.54) is 126 Å². The zero-order chi connectivity index (χ0) is 69.4. The van der Waals surface area contributed by atoms with Gasteiger partial charge in [-0.05, 0) is 138 Å². The van der Waals surface area contributed by atoms with Crippen LogP contribution in [0.25, 0.3) is 43.1 Å². The van der Waals surface area contributed by atoms with Crippen molar-refractivity contribution in [1.82, 2.24) is 19.9 Å². The molecule has 474 valence electrons. The average Bonchev–Trinajstić information content (AvgIpc) is 0.808. The van der Waals surface area contributed by atoms with Crippen molar-refractivity contribution in [3.63, 3.8) is 0 Å². The fourth-order valence-corrected chi connectivity index (χ4v) is 14.3. The Balaban J connectivity index is 0.000000152. The summed E-state index contributed by atoms with van der Waals surface area (Å²) in [5.41, 5.74) is 3.86. The summed E-state index contributed by atoms with van der Waals surface area (Å²) >= 11 is 11.4. The van der Waals surface area contributed by atoms with Crippen LogP contribution in [0, 0.1) is 117 Å². The van der Waals surface area contributed by atoms with Gasteiger partial charge >= 0.3 is 0 Å². The molecule has 4 heterocycles. The Kier molecular flexibility index (Phi) is 23.1. The quantitative estimate of drug-likeness (QED) is 0.0505. The van der Waals surface area contributed by atoms with Gasteiger partial charge in [0, 0.05) is 82.3 Å². The molecule has 12 aromatic rings. The van der Waals surface area contributed by atoms with E-state index in [1.54, 1.807) is 54.6 Å². The van der Waals surface area contributed by atoms with Crippen LogP contribution in [0.4, 0.5) is 22.0 Å². The maximum Gasteiger partial charge on any atom is 0.267 e. The summed E-state index contributed by atoms with van der Waals surface area (Å²) < 4.78 is 68.5. The van der Waals surface area contributed by atoms with Gasteiger partial charge in [-0.3, -0.25) is 19.2 Å². The molecule has 0 unspecified atom stereocenters. The van der Waals surface area contributed by atoms with E-state index < -0.39 is 51.3 Å². The second-order valence-electron chi connectivity index (χ2n) is 20.6. The molecule has 0 amide bonds. The molecule has 0 atom stereocenters. The van der Waals surface area contributed by atoms with Gasteiger partial charge in [0.25, 0.3) is 22.2 Å². The minimum absolute atomic E-state index is 0.0270. The van der Waals surface area contributed by atoms with Crippen molar-refractivity contribution in [1.29, 1.82) is 26.3 Å². The first-order valence-electron chi connectivity index (χ1n) is 28.4. The largest absolute Gasteiger partial charge is 0.315 e. The van der Waals surface area contributed by atoms with Gasteiger partial charge in [-0.2, -0.15) is 26.3 Å². The van der Waals surface area contributed by atoms with E-state index in [-0.39, 0.29) is 33.4 Å². The van der Waals surface area contributed by atoms with Crippen molar-refractivity contribution in [2.75, 3.05) is 0 Å². The lowest BCUT2D eigenvalue weighted by molar-refractivity contribution is 0.626. The number of H-pyrrole nitrogens is 4. The topological polar surface area (TPSA) is 250 Å². The van der Waals surface area contributed by atoms with E-state index in [0.717, 1.165) is 22.3 Å². The van der Waals surface area contributed by atoms with Gasteiger partial charge in [0.1, 0.15) is 75.6 Å². The number of aromatic amines is 4. The summed E-state index contributed by atoms with van der Waals surface area (Å²) in [6, 6.07) is 50.3.